The van der Waals surface area contributed by atoms with Crippen molar-refractivity contribution in [1.82, 2.24) is 10.3 Å². The van der Waals surface area contributed by atoms with E-state index >= 15 is 0 Å². The van der Waals surface area contributed by atoms with E-state index in [0.29, 0.717) is 28.9 Å². The van der Waals surface area contributed by atoms with E-state index < -0.39 is 15.9 Å². The summed E-state index contributed by atoms with van der Waals surface area (Å²) in [6.45, 7) is 0. The molecule has 28 heavy (non-hydrogen) atoms. The second kappa shape index (κ2) is 7.20. The molecule has 1 N–H and O–H groups in total. The van der Waals surface area contributed by atoms with Crippen LogP contribution in [0.1, 0.15) is 16.8 Å². The van der Waals surface area contributed by atoms with Crippen LogP contribution >= 0.6 is 0 Å². The Balaban J connectivity index is 1.60. The fraction of sp³-hybridized carbons (Fsp3) is 0.200. The smallest absolute Gasteiger partial charge is 0.252 e. The van der Waals surface area contributed by atoms with Gasteiger partial charge in [-0.1, -0.05) is 12.1 Å². The lowest BCUT2D eigenvalue weighted by Gasteiger charge is -2.12. The van der Waals surface area contributed by atoms with E-state index in [2.05, 4.69) is 10.3 Å². The molecular weight excluding hydrogens is 383 g/mol. The van der Waals surface area contributed by atoms with Gasteiger partial charge in [-0.3, -0.25) is 4.79 Å². The van der Waals surface area contributed by atoms with Gasteiger partial charge < -0.3 is 9.73 Å². The summed E-state index contributed by atoms with van der Waals surface area (Å²) < 4.78 is 42.1. The molecule has 0 unspecified atom stereocenters. The maximum atomic E-state index is 13.1. The zero-order valence-electron chi connectivity index (χ0n) is 14.8. The van der Waals surface area contributed by atoms with E-state index in [0.717, 1.165) is 0 Å². The fourth-order valence-electron chi connectivity index (χ4n) is 3.19. The molecule has 144 valence electrons. The summed E-state index contributed by atoms with van der Waals surface area (Å²) in [7, 11) is -3.09. The average Bonchev–Trinajstić information content (AvgIpc) is 3.29. The number of carbonyl (C=O) groups excluding carboxylic acids is 1. The number of rotatable bonds is 4. The van der Waals surface area contributed by atoms with Gasteiger partial charge in [0, 0.05) is 17.2 Å². The number of hydrogen-bond donors (Lipinski definition) is 1. The monoisotopic (exact) mass is 400 g/mol. The fourth-order valence-corrected chi connectivity index (χ4v) is 4.86. The zero-order valence-corrected chi connectivity index (χ0v) is 15.6. The van der Waals surface area contributed by atoms with Crippen LogP contribution in [0.25, 0.3) is 22.8 Å². The van der Waals surface area contributed by atoms with Gasteiger partial charge in [-0.05, 0) is 42.8 Å². The van der Waals surface area contributed by atoms with Gasteiger partial charge in [0.2, 0.25) is 5.89 Å². The lowest BCUT2D eigenvalue weighted by atomic mass is 10.1. The molecule has 1 atom stereocenters. The number of carbonyl (C=O) groups is 1. The second-order valence-corrected chi connectivity index (χ2v) is 8.88. The largest absolute Gasteiger partial charge is 0.436 e. The van der Waals surface area contributed by atoms with Crippen molar-refractivity contribution in [2.24, 2.45) is 0 Å². The van der Waals surface area contributed by atoms with E-state index in [1.807, 2.05) is 0 Å². The zero-order chi connectivity index (χ0) is 19.7. The quantitative estimate of drug-likeness (QED) is 0.727. The topological polar surface area (TPSA) is 89.3 Å². The van der Waals surface area contributed by atoms with Crippen molar-refractivity contribution >= 4 is 15.7 Å². The van der Waals surface area contributed by atoms with E-state index in [9.17, 15) is 17.6 Å². The molecule has 0 saturated carbocycles. The predicted molar refractivity (Wildman–Crippen MR) is 102 cm³/mol. The maximum Gasteiger partial charge on any atom is 0.252 e. The number of halogens is 1. The van der Waals surface area contributed by atoms with Crippen molar-refractivity contribution in [3.8, 4) is 22.8 Å². The van der Waals surface area contributed by atoms with E-state index in [1.165, 1.54) is 18.3 Å². The molecule has 2 aromatic carbocycles. The van der Waals surface area contributed by atoms with Crippen molar-refractivity contribution in [2.45, 2.75) is 12.5 Å². The van der Waals surface area contributed by atoms with Crippen LogP contribution in [0.5, 0.6) is 0 Å². The number of nitrogens with one attached hydrogen (secondary N) is 1. The summed E-state index contributed by atoms with van der Waals surface area (Å²) >= 11 is 0. The van der Waals surface area contributed by atoms with E-state index in [1.54, 1.807) is 36.4 Å². The van der Waals surface area contributed by atoms with Crippen LogP contribution < -0.4 is 5.32 Å². The van der Waals surface area contributed by atoms with Crippen molar-refractivity contribution < 1.29 is 22.0 Å². The standard InChI is InChI=1S/C20H17FN2O4S/c21-14-7-5-13(6-8-14)18-11-22-20(27-18)17-4-2-1-3-16(17)19(24)23-15-9-10-28(25,26)12-15/h1-8,11,15H,9-10,12H2,(H,23,24)/t15-/m1/s1. The number of amides is 1. The summed E-state index contributed by atoms with van der Waals surface area (Å²) in [5.74, 6) is 0.0181. The van der Waals surface area contributed by atoms with Gasteiger partial charge in [-0.2, -0.15) is 0 Å². The second-order valence-electron chi connectivity index (χ2n) is 6.66. The Hall–Kier alpha value is -3.00. The summed E-state index contributed by atoms with van der Waals surface area (Å²) in [5, 5.41) is 2.78. The average molecular weight is 400 g/mol. The number of oxazole rings is 1. The van der Waals surface area contributed by atoms with Gasteiger partial charge in [0.1, 0.15) is 5.82 Å². The van der Waals surface area contributed by atoms with Gasteiger partial charge in [-0.25, -0.2) is 17.8 Å². The molecule has 1 fully saturated rings. The Morgan fingerprint density at radius 3 is 2.61 bits per heavy atom. The Kier molecular flexibility index (Phi) is 4.72. The first kappa shape index (κ1) is 18.4. The molecule has 2 heterocycles. The highest BCUT2D eigenvalue weighted by Gasteiger charge is 2.29. The number of benzene rings is 2. The van der Waals surface area contributed by atoms with Gasteiger partial charge in [0.15, 0.2) is 15.6 Å². The first-order valence-corrected chi connectivity index (χ1v) is 10.6. The Morgan fingerprint density at radius 2 is 1.89 bits per heavy atom. The van der Waals surface area contributed by atoms with Crippen molar-refractivity contribution in [3.05, 3.63) is 66.1 Å². The van der Waals surface area contributed by atoms with Gasteiger partial charge in [0.25, 0.3) is 5.91 Å². The van der Waals surface area contributed by atoms with Crippen LogP contribution in [0.2, 0.25) is 0 Å². The predicted octanol–water partition coefficient (Wildman–Crippen LogP) is 3.06. The van der Waals surface area contributed by atoms with Crippen LogP contribution in [0, 0.1) is 5.82 Å². The third-order valence-electron chi connectivity index (χ3n) is 4.60. The van der Waals surface area contributed by atoms with Crippen LogP contribution in [-0.4, -0.2) is 36.9 Å². The number of nitrogens with zero attached hydrogens (tertiary/aromatic N) is 1. The molecule has 1 aromatic heterocycles. The molecule has 1 aliphatic rings. The highest BCUT2D eigenvalue weighted by atomic mass is 32.2. The van der Waals surface area contributed by atoms with Crippen LogP contribution in [0.4, 0.5) is 4.39 Å². The molecule has 1 saturated heterocycles. The minimum absolute atomic E-state index is 0.0470. The number of sulfone groups is 1. The van der Waals surface area contributed by atoms with Crippen molar-refractivity contribution in [2.75, 3.05) is 11.5 Å². The summed E-state index contributed by atoms with van der Waals surface area (Å²) in [6, 6.07) is 12.2. The molecule has 1 aliphatic heterocycles. The first-order chi connectivity index (χ1) is 13.4. The van der Waals surface area contributed by atoms with Crippen LogP contribution in [0.3, 0.4) is 0 Å². The molecule has 8 heteroatoms. The maximum absolute atomic E-state index is 13.1. The third kappa shape index (κ3) is 3.82. The molecule has 0 spiro atoms. The molecule has 4 rings (SSSR count). The van der Waals surface area contributed by atoms with Gasteiger partial charge >= 0.3 is 0 Å². The highest BCUT2D eigenvalue weighted by Crippen LogP contribution is 2.28. The van der Waals surface area contributed by atoms with Crippen molar-refractivity contribution in [1.29, 1.82) is 0 Å². The minimum atomic E-state index is -3.09. The van der Waals surface area contributed by atoms with E-state index in [-0.39, 0.29) is 29.1 Å². The summed E-state index contributed by atoms with van der Waals surface area (Å²) in [4.78, 5) is 16.9. The molecule has 3 aromatic rings. The minimum Gasteiger partial charge on any atom is -0.436 e. The summed E-state index contributed by atoms with van der Waals surface area (Å²) in [6.07, 6.45) is 1.92. The van der Waals surface area contributed by atoms with Gasteiger partial charge in [0.05, 0.1) is 23.3 Å². The lowest BCUT2D eigenvalue weighted by Crippen LogP contribution is -2.35. The number of aromatic nitrogens is 1. The van der Waals surface area contributed by atoms with Crippen molar-refractivity contribution in [3.63, 3.8) is 0 Å². The summed E-state index contributed by atoms with van der Waals surface area (Å²) in [5.41, 5.74) is 1.51. The van der Waals surface area contributed by atoms with Gasteiger partial charge in [-0.15, -0.1) is 0 Å². The Labute approximate surface area is 161 Å². The molecule has 6 nitrogen and oxygen atoms in total. The number of hydrogen-bond acceptors (Lipinski definition) is 5. The molecular formula is C20H17FN2O4S. The molecule has 0 aliphatic carbocycles. The SMILES string of the molecule is O=C(N[C@@H]1CCS(=O)(=O)C1)c1ccccc1-c1ncc(-c2ccc(F)cc2)o1. The Morgan fingerprint density at radius 1 is 1.14 bits per heavy atom. The lowest BCUT2D eigenvalue weighted by molar-refractivity contribution is 0.0941. The highest BCUT2D eigenvalue weighted by molar-refractivity contribution is 7.91. The Bertz CT molecular complexity index is 1120. The molecule has 0 radical (unpaired) electrons. The van der Waals surface area contributed by atoms with E-state index in [4.69, 9.17) is 4.42 Å². The molecule has 0 bridgehead atoms. The van der Waals surface area contributed by atoms with Crippen LogP contribution in [-0.2, 0) is 9.84 Å². The van der Waals surface area contributed by atoms with Crippen LogP contribution in [0.15, 0.2) is 59.1 Å². The third-order valence-corrected chi connectivity index (χ3v) is 6.37. The first-order valence-electron chi connectivity index (χ1n) is 8.74. The normalized spacial score (nSPS) is 18.1. The molecule has 1 amide bonds.